The van der Waals surface area contributed by atoms with Crippen LogP contribution in [0.15, 0.2) is 29.6 Å². The number of imidazole rings is 1. The monoisotopic (exact) mass is 321 g/mol. The van der Waals surface area contributed by atoms with Gasteiger partial charge in [0.25, 0.3) is 0 Å². The molecule has 4 nitrogen and oxygen atoms in total. The van der Waals surface area contributed by atoms with E-state index in [1.54, 1.807) is 18.4 Å². The lowest BCUT2D eigenvalue weighted by Gasteiger charge is -2.15. The van der Waals surface area contributed by atoms with Gasteiger partial charge in [-0.1, -0.05) is 6.07 Å². The number of rotatable bonds is 5. The van der Waals surface area contributed by atoms with Crippen LogP contribution in [-0.2, 0) is 6.42 Å². The highest BCUT2D eigenvalue weighted by atomic mass is 35.5. The number of nitrogens with zero attached hydrogens (tertiary/aromatic N) is 3. The Bertz CT molecular complexity index is 739. The maximum atomic E-state index is 5.93. The van der Waals surface area contributed by atoms with Gasteiger partial charge < -0.3 is 9.30 Å². The number of hydrogen-bond acceptors (Lipinski definition) is 4. The predicted octanol–water partition coefficient (Wildman–Crippen LogP) is 3.89. The molecule has 110 valence electrons. The smallest absolute Gasteiger partial charge is 0.215 e. The zero-order valence-electron chi connectivity index (χ0n) is 11.9. The lowest BCUT2D eigenvalue weighted by molar-refractivity contribution is 0.398. The maximum Gasteiger partial charge on any atom is 0.215 e. The molecule has 3 rings (SSSR count). The third-order valence-corrected chi connectivity index (χ3v) is 4.69. The molecule has 0 aromatic carbocycles. The second-order valence-electron chi connectivity index (χ2n) is 4.72. The molecule has 21 heavy (non-hydrogen) atoms. The van der Waals surface area contributed by atoms with Crippen LogP contribution in [0.3, 0.4) is 0 Å². The van der Waals surface area contributed by atoms with Gasteiger partial charge in [0.05, 0.1) is 13.2 Å². The summed E-state index contributed by atoms with van der Waals surface area (Å²) in [7, 11) is 1.62. The number of methoxy groups -OCH3 is 1. The fraction of sp³-hybridized carbons (Fsp3) is 0.333. The fourth-order valence-electron chi connectivity index (χ4n) is 2.44. The van der Waals surface area contributed by atoms with Gasteiger partial charge in [0, 0.05) is 23.2 Å². The van der Waals surface area contributed by atoms with E-state index in [-0.39, 0.29) is 6.04 Å². The van der Waals surface area contributed by atoms with Crippen molar-refractivity contribution in [2.24, 2.45) is 0 Å². The van der Waals surface area contributed by atoms with E-state index in [0.717, 1.165) is 23.4 Å². The van der Waals surface area contributed by atoms with E-state index in [0.29, 0.717) is 11.8 Å². The molecule has 3 heterocycles. The Morgan fingerprint density at radius 2 is 2.19 bits per heavy atom. The van der Waals surface area contributed by atoms with Crippen molar-refractivity contribution in [3.8, 4) is 5.88 Å². The summed E-state index contributed by atoms with van der Waals surface area (Å²) in [6.45, 7) is 2.16. The number of thiophene rings is 1. The summed E-state index contributed by atoms with van der Waals surface area (Å²) in [5, 5.41) is 2.08. The van der Waals surface area contributed by atoms with Crippen LogP contribution in [0.4, 0.5) is 0 Å². The molecule has 0 spiro atoms. The minimum atomic E-state index is 0.174. The Labute approximate surface area is 132 Å². The number of alkyl halides is 1. The minimum Gasteiger partial charge on any atom is -0.481 e. The molecule has 1 unspecified atom stereocenters. The molecule has 0 fully saturated rings. The van der Waals surface area contributed by atoms with Crippen molar-refractivity contribution in [1.29, 1.82) is 0 Å². The number of hydrogen-bond donors (Lipinski definition) is 0. The average Bonchev–Trinajstić information content (AvgIpc) is 3.13. The van der Waals surface area contributed by atoms with E-state index in [4.69, 9.17) is 16.3 Å². The molecule has 0 aliphatic rings. The van der Waals surface area contributed by atoms with E-state index < -0.39 is 0 Å². The van der Waals surface area contributed by atoms with Crippen LogP contribution in [-0.4, -0.2) is 27.5 Å². The summed E-state index contributed by atoms with van der Waals surface area (Å²) in [5.41, 5.74) is 1.72. The topological polar surface area (TPSA) is 39.9 Å². The van der Waals surface area contributed by atoms with Gasteiger partial charge >= 0.3 is 0 Å². The highest BCUT2D eigenvalue weighted by molar-refractivity contribution is 7.10. The summed E-state index contributed by atoms with van der Waals surface area (Å²) in [6.07, 6.45) is 0.718. The minimum absolute atomic E-state index is 0.174. The molecule has 3 aromatic rings. The van der Waals surface area contributed by atoms with E-state index in [9.17, 15) is 0 Å². The number of aromatic nitrogens is 3. The van der Waals surface area contributed by atoms with Crippen LogP contribution in [0.1, 0.15) is 23.7 Å². The number of ether oxygens (including phenoxy) is 1. The van der Waals surface area contributed by atoms with E-state index in [1.807, 2.05) is 12.1 Å². The quantitative estimate of drug-likeness (QED) is 0.669. The summed E-state index contributed by atoms with van der Waals surface area (Å²) < 4.78 is 7.40. The SMILES string of the molecule is COc1ccc2nc(CCCl)n(C(C)c3cccs3)c2n1. The van der Waals surface area contributed by atoms with E-state index in [1.165, 1.54) is 4.88 Å². The maximum absolute atomic E-state index is 5.93. The molecule has 0 N–H and O–H groups in total. The highest BCUT2D eigenvalue weighted by Crippen LogP contribution is 2.29. The van der Waals surface area contributed by atoms with Crippen LogP contribution in [0.25, 0.3) is 11.2 Å². The van der Waals surface area contributed by atoms with Crippen LogP contribution >= 0.6 is 22.9 Å². The summed E-state index contributed by atoms with van der Waals surface area (Å²) in [5.74, 6) is 2.10. The van der Waals surface area contributed by atoms with Crippen molar-refractivity contribution >= 4 is 34.1 Å². The van der Waals surface area contributed by atoms with Gasteiger partial charge in [-0.25, -0.2) is 4.98 Å². The normalized spacial score (nSPS) is 12.7. The van der Waals surface area contributed by atoms with Gasteiger partial charge in [-0.15, -0.1) is 22.9 Å². The van der Waals surface area contributed by atoms with Crippen molar-refractivity contribution in [3.05, 3.63) is 40.3 Å². The number of aryl methyl sites for hydroxylation is 1. The molecule has 0 saturated heterocycles. The van der Waals surface area contributed by atoms with Crippen LogP contribution in [0, 0.1) is 0 Å². The van der Waals surface area contributed by atoms with Gasteiger partial charge in [-0.3, -0.25) is 0 Å². The summed E-state index contributed by atoms with van der Waals surface area (Å²) in [4.78, 5) is 10.5. The molecule has 0 amide bonds. The van der Waals surface area contributed by atoms with E-state index in [2.05, 4.69) is 39.0 Å². The van der Waals surface area contributed by atoms with Crippen molar-refractivity contribution in [2.45, 2.75) is 19.4 Å². The Kier molecular flexibility index (Phi) is 4.12. The van der Waals surface area contributed by atoms with Gasteiger partial charge in [-0.2, -0.15) is 4.98 Å². The Morgan fingerprint density at radius 1 is 1.33 bits per heavy atom. The standard InChI is InChI=1S/C15H16ClN3OS/c1-10(12-4-3-9-21-12)19-13(7-8-16)17-11-5-6-14(20-2)18-15(11)19/h3-6,9-10H,7-8H2,1-2H3. The third-order valence-electron chi connectivity index (χ3n) is 3.45. The predicted molar refractivity (Wildman–Crippen MR) is 86.6 cm³/mol. The molecule has 1 atom stereocenters. The number of pyridine rings is 1. The number of halogens is 1. The lowest BCUT2D eigenvalue weighted by Crippen LogP contribution is -2.11. The molecule has 3 aromatic heterocycles. The summed E-state index contributed by atoms with van der Waals surface area (Å²) in [6, 6.07) is 8.14. The molecular weight excluding hydrogens is 306 g/mol. The van der Waals surface area contributed by atoms with Crippen molar-refractivity contribution < 1.29 is 4.74 Å². The first-order valence-corrected chi connectivity index (χ1v) is 8.17. The molecule has 0 radical (unpaired) electrons. The molecular formula is C15H16ClN3OS. The largest absolute Gasteiger partial charge is 0.481 e. The van der Waals surface area contributed by atoms with Crippen molar-refractivity contribution in [2.75, 3.05) is 13.0 Å². The lowest BCUT2D eigenvalue weighted by atomic mass is 10.2. The second kappa shape index (κ2) is 6.03. The van der Waals surface area contributed by atoms with Crippen molar-refractivity contribution in [1.82, 2.24) is 14.5 Å². The first-order chi connectivity index (χ1) is 10.2. The van der Waals surface area contributed by atoms with E-state index >= 15 is 0 Å². The molecule has 0 aliphatic carbocycles. The Hall–Kier alpha value is -1.59. The second-order valence-corrected chi connectivity index (χ2v) is 6.08. The molecule has 0 bridgehead atoms. The average molecular weight is 322 g/mol. The zero-order valence-corrected chi connectivity index (χ0v) is 13.5. The Balaban J connectivity index is 2.18. The van der Waals surface area contributed by atoms with Gasteiger partial charge in [0.1, 0.15) is 11.3 Å². The highest BCUT2D eigenvalue weighted by Gasteiger charge is 2.19. The molecule has 0 aliphatic heterocycles. The van der Waals surface area contributed by atoms with Gasteiger partial charge in [0.2, 0.25) is 5.88 Å². The van der Waals surface area contributed by atoms with Crippen LogP contribution < -0.4 is 4.74 Å². The van der Waals surface area contributed by atoms with Crippen LogP contribution in [0.5, 0.6) is 5.88 Å². The van der Waals surface area contributed by atoms with Gasteiger partial charge in [0.15, 0.2) is 5.65 Å². The molecule has 0 saturated carbocycles. The third kappa shape index (κ3) is 2.63. The Morgan fingerprint density at radius 3 is 2.86 bits per heavy atom. The first kappa shape index (κ1) is 14.4. The number of fused-ring (bicyclic) bond motifs is 1. The van der Waals surface area contributed by atoms with Crippen molar-refractivity contribution in [3.63, 3.8) is 0 Å². The first-order valence-electron chi connectivity index (χ1n) is 6.75. The fourth-order valence-corrected chi connectivity index (χ4v) is 3.38. The molecule has 6 heteroatoms. The van der Waals surface area contributed by atoms with Gasteiger partial charge in [-0.05, 0) is 24.4 Å². The van der Waals surface area contributed by atoms with Crippen LogP contribution in [0.2, 0.25) is 0 Å². The zero-order chi connectivity index (χ0) is 14.8. The summed E-state index contributed by atoms with van der Waals surface area (Å²) >= 11 is 7.66.